The first-order valence-corrected chi connectivity index (χ1v) is 10.3. The first kappa shape index (κ1) is 23.4. The van der Waals surface area contributed by atoms with Crippen LogP contribution in [0.2, 0.25) is 0 Å². The average molecular weight is 439 g/mol. The summed E-state index contributed by atoms with van der Waals surface area (Å²) in [6.45, 7) is 6.35. The van der Waals surface area contributed by atoms with Crippen LogP contribution in [0.3, 0.4) is 0 Å². The summed E-state index contributed by atoms with van der Waals surface area (Å²) in [5.41, 5.74) is 9.80. The summed E-state index contributed by atoms with van der Waals surface area (Å²) in [5, 5.41) is 0. The standard InChI is InChI=1S/C26H24O.BF4/c1-18-4-10-21(11-5-18)24-16-17-27-26(23-14-8-20(3)9-15-23)25(24)22-12-6-19(2)7-13-22;2-1(3,4)5/h4-17,26H,1-3H3;/q;-1. The Morgan fingerprint density at radius 1 is 0.625 bits per heavy atom. The first-order chi connectivity index (χ1) is 15.1. The van der Waals surface area contributed by atoms with Crippen molar-refractivity contribution in [3.8, 4) is 0 Å². The third-order valence-electron chi connectivity index (χ3n) is 5.11. The minimum Gasteiger partial charge on any atom is -0.489 e. The molecule has 6 heteroatoms. The van der Waals surface area contributed by atoms with E-state index in [-0.39, 0.29) is 6.10 Å². The summed E-state index contributed by atoms with van der Waals surface area (Å²) in [6, 6.07) is 26.1. The number of halogens is 4. The predicted octanol–water partition coefficient (Wildman–Crippen LogP) is 8.11. The van der Waals surface area contributed by atoms with E-state index in [0.717, 1.165) is 0 Å². The van der Waals surface area contributed by atoms with E-state index in [4.69, 9.17) is 4.74 Å². The van der Waals surface area contributed by atoms with E-state index < -0.39 is 7.25 Å². The quantitative estimate of drug-likeness (QED) is 0.296. The van der Waals surface area contributed by atoms with Gasteiger partial charge in [-0.05, 0) is 49.1 Å². The molecule has 0 amide bonds. The predicted molar refractivity (Wildman–Crippen MR) is 124 cm³/mol. The summed E-state index contributed by atoms with van der Waals surface area (Å²) >= 11 is 0. The van der Waals surface area contributed by atoms with Gasteiger partial charge in [-0.15, -0.1) is 0 Å². The van der Waals surface area contributed by atoms with Crippen molar-refractivity contribution in [2.75, 3.05) is 0 Å². The molecule has 32 heavy (non-hydrogen) atoms. The van der Waals surface area contributed by atoms with Crippen LogP contribution in [0.4, 0.5) is 17.3 Å². The fraction of sp³-hybridized carbons (Fsp3) is 0.154. The average Bonchev–Trinajstić information content (AvgIpc) is 2.74. The van der Waals surface area contributed by atoms with Gasteiger partial charge in [0, 0.05) is 5.57 Å². The Hall–Kier alpha value is -3.28. The summed E-state index contributed by atoms with van der Waals surface area (Å²) in [4.78, 5) is 0. The van der Waals surface area contributed by atoms with Crippen LogP contribution in [-0.2, 0) is 4.74 Å². The Morgan fingerprint density at radius 2 is 1.03 bits per heavy atom. The van der Waals surface area contributed by atoms with Crippen molar-refractivity contribution in [2.45, 2.75) is 26.9 Å². The second-order valence-corrected chi connectivity index (χ2v) is 7.78. The van der Waals surface area contributed by atoms with Crippen molar-refractivity contribution in [1.29, 1.82) is 0 Å². The molecule has 0 saturated carbocycles. The van der Waals surface area contributed by atoms with Gasteiger partial charge in [0.2, 0.25) is 0 Å². The van der Waals surface area contributed by atoms with Gasteiger partial charge in [-0.1, -0.05) is 89.5 Å². The van der Waals surface area contributed by atoms with Gasteiger partial charge < -0.3 is 22.0 Å². The molecule has 166 valence electrons. The lowest BCUT2D eigenvalue weighted by molar-refractivity contribution is 0.196. The number of benzene rings is 3. The third kappa shape index (κ3) is 6.36. The Kier molecular flexibility index (Phi) is 7.24. The van der Waals surface area contributed by atoms with Crippen molar-refractivity contribution in [3.05, 3.63) is 119 Å². The van der Waals surface area contributed by atoms with Gasteiger partial charge in [-0.3, -0.25) is 0 Å². The molecule has 0 N–H and O–H groups in total. The van der Waals surface area contributed by atoms with E-state index in [1.165, 1.54) is 44.5 Å². The van der Waals surface area contributed by atoms with Crippen molar-refractivity contribution in [3.63, 3.8) is 0 Å². The van der Waals surface area contributed by atoms with E-state index in [9.17, 15) is 17.3 Å². The zero-order valence-electron chi connectivity index (χ0n) is 18.2. The monoisotopic (exact) mass is 439 g/mol. The van der Waals surface area contributed by atoms with E-state index in [2.05, 4.69) is 99.6 Å². The smallest absolute Gasteiger partial charge is 0.489 e. The van der Waals surface area contributed by atoms with E-state index in [0.29, 0.717) is 0 Å². The molecule has 0 saturated heterocycles. The molecule has 0 aliphatic carbocycles. The highest BCUT2D eigenvalue weighted by Gasteiger charge is 2.25. The lowest BCUT2D eigenvalue weighted by Crippen LogP contribution is -2.09. The van der Waals surface area contributed by atoms with E-state index in [1.54, 1.807) is 0 Å². The lowest BCUT2D eigenvalue weighted by Gasteiger charge is -2.27. The molecule has 0 radical (unpaired) electrons. The van der Waals surface area contributed by atoms with E-state index >= 15 is 0 Å². The highest BCUT2D eigenvalue weighted by molar-refractivity contribution is 6.50. The van der Waals surface area contributed by atoms with Crippen LogP contribution in [-0.4, -0.2) is 7.25 Å². The number of aryl methyl sites for hydroxylation is 3. The maximum Gasteiger partial charge on any atom is 0.673 e. The zero-order chi connectivity index (χ0) is 23.3. The van der Waals surface area contributed by atoms with Gasteiger partial charge in [-0.25, -0.2) is 0 Å². The molecular formula is C26H24BF4O-. The van der Waals surface area contributed by atoms with Gasteiger partial charge >= 0.3 is 7.25 Å². The molecule has 1 aliphatic heterocycles. The number of hydrogen-bond acceptors (Lipinski definition) is 1. The number of rotatable bonds is 3. The summed E-state index contributed by atoms with van der Waals surface area (Å²) in [6.07, 6.45) is 3.80. The van der Waals surface area contributed by atoms with Crippen LogP contribution in [0.15, 0.2) is 85.1 Å². The zero-order valence-corrected chi connectivity index (χ0v) is 18.2. The second-order valence-electron chi connectivity index (χ2n) is 7.78. The van der Waals surface area contributed by atoms with Gasteiger partial charge in [0.1, 0.15) is 6.10 Å². The van der Waals surface area contributed by atoms with Gasteiger partial charge in [-0.2, -0.15) is 0 Å². The van der Waals surface area contributed by atoms with Crippen LogP contribution in [0, 0.1) is 20.8 Å². The van der Waals surface area contributed by atoms with Crippen LogP contribution in [0.5, 0.6) is 0 Å². The van der Waals surface area contributed by atoms with Crippen LogP contribution in [0.1, 0.15) is 39.5 Å². The van der Waals surface area contributed by atoms with Crippen molar-refractivity contribution < 1.29 is 22.0 Å². The van der Waals surface area contributed by atoms with Crippen LogP contribution in [0.25, 0.3) is 11.1 Å². The number of allylic oxidation sites excluding steroid dienone is 2. The van der Waals surface area contributed by atoms with Gasteiger partial charge in [0.15, 0.2) is 0 Å². The minimum atomic E-state index is -6.00. The fourth-order valence-electron chi connectivity index (χ4n) is 3.50. The summed E-state index contributed by atoms with van der Waals surface area (Å²) < 4.78 is 45.1. The third-order valence-corrected chi connectivity index (χ3v) is 5.11. The Bertz CT molecular complexity index is 1090. The maximum absolute atomic E-state index is 9.75. The highest BCUT2D eigenvalue weighted by atomic mass is 19.5. The first-order valence-electron chi connectivity index (χ1n) is 10.3. The second kappa shape index (κ2) is 9.90. The van der Waals surface area contributed by atoms with Gasteiger partial charge in [0.05, 0.1) is 6.26 Å². The maximum atomic E-state index is 9.75. The molecule has 1 heterocycles. The van der Waals surface area contributed by atoms with Crippen molar-refractivity contribution >= 4 is 18.4 Å². The van der Waals surface area contributed by atoms with Crippen LogP contribution < -0.4 is 0 Å². The molecule has 0 aromatic heterocycles. The molecular weight excluding hydrogens is 415 g/mol. The number of hydrogen-bond donors (Lipinski definition) is 0. The topological polar surface area (TPSA) is 9.23 Å². The molecule has 1 aliphatic rings. The summed E-state index contributed by atoms with van der Waals surface area (Å²) in [5.74, 6) is 0. The minimum absolute atomic E-state index is 0.116. The Morgan fingerprint density at radius 3 is 1.50 bits per heavy atom. The SMILES string of the molecule is Cc1ccc(C2=C(c3ccc(C)cc3)C(c3ccc(C)cc3)OC=C2)cc1.F[B-](F)(F)F. The molecule has 3 aromatic carbocycles. The molecule has 1 atom stereocenters. The fourth-order valence-corrected chi connectivity index (χ4v) is 3.50. The molecule has 0 bridgehead atoms. The molecule has 1 nitrogen and oxygen atoms in total. The van der Waals surface area contributed by atoms with Crippen molar-refractivity contribution in [1.82, 2.24) is 0 Å². The molecule has 4 rings (SSSR count). The lowest BCUT2D eigenvalue weighted by atomic mass is 9.86. The highest BCUT2D eigenvalue weighted by Crippen LogP contribution is 2.42. The molecule has 0 fully saturated rings. The molecule has 3 aromatic rings. The Labute approximate surface area is 186 Å². The van der Waals surface area contributed by atoms with Crippen molar-refractivity contribution in [2.24, 2.45) is 0 Å². The van der Waals surface area contributed by atoms with Gasteiger partial charge in [0.25, 0.3) is 0 Å². The number of ether oxygens (including phenoxy) is 1. The molecule has 0 spiro atoms. The van der Waals surface area contributed by atoms with E-state index in [1.807, 2.05) is 6.26 Å². The normalized spacial score (nSPS) is 15.7. The largest absolute Gasteiger partial charge is 0.673 e. The summed E-state index contributed by atoms with van der Waals surface area (Å²) in [7, 11) is -6.00. The molecule has 1 unspecified atom stereocenters. The Balaban J connectivity index is 0.000000523. The van der Waals surface area contributed by atoms with Crippen LogP contribution >= 0.6 is 0 Å².